The molecule has 1 aromatic rings. The van der Waals surface area contributed by atoms with Gasteiger partial charge in [-0.2, -0.15) is 0 Å². The van der Waals surface area contributed by atoms with Gasteiger partial charge in [0.25, 0.3) is 0 Å². The van der Waals surface area contributed by atoms with Crippen LogP contribution >= 0.6 is 11.6 Å². The molecule has 112 valence electrons. The third-order valence-electron chi connectivity index (χ3n) is 3.18. The fourth-order valence-electron chi connectivity index (χ4n) is 1.80. The standard InChI is InChI=1S/C15H23ClN2O2/c1-5-6-7-18(3)15(19)10-17-13-8-11(2)12(16)9-14(13)20-4/h8-9,17H,5-7,10H2,1-4H3. The van der Waals surface area contributed by atoms with E-state index in [1.165, 1.54) is 0 Å². The lowest BCUT2D eigenvalue weighted by molar-refractivity contribution is -0.128. The van der Waals surface area contributed by atoms with Gasteiger partial charge in [-0.25, -0.2) is 0 Å². The summed E-state index contributed by atoms with van der Waals surface area (Å²) in [6, 6.07) is 3.64. The van der Waals surface area contributed by atoms with Gasteiger partial charge >= 0.3 is 0 Å². The Bertz CT molecular complexity index is 463. The smallest absolute Gasteiger partial charge is 0.241 e. The van der Waals surface area contributed by atoms with Gasteiger partial charge in [-0.1, -0.05) is 24.9 Å². The second-order valence-corrected chi connectivity index (χ2v) is 5.23. The summed E-state index contributed by atoms with van der Waals surface area (Å²) in [4.78, 5) is 13.7. The second-order valence-electron chi connectivity index (χ2n) is 4.82. The number of anilines is 1. The number of methoxy groups -OCH3 is 1. The molecular formula is C15H23ClN2O2. The lowest BCUT2D eigenvalue weighted by Gasteiger charge is -2.18. The highest BCUT2D eigenvalue weighted by atomic mass is 35.5. The Balaban J connectivity index is 2.65. The number of unbranched alkanes of at least 4 members (excludes halogenated alkanes) is 1. The Hall–Kier alpha value is -1.42. The molecule has 0 spiro atoms. The van der Waals surface area contributed by atoms with Gasteiger partial charge in [0, 0.05) is 24.7 Å². The average molecular weight is 299 g/mol. The Morgan fingerprint density at radius 3 is 2.75 bits per heavy atom. The number of hydrogen-bond acceptors (Lipinski definition) is 3. The molecule has 0 saturated heterocycles. The van der Waals surface area contributed by atoms with Gasteiger partial charge in [0.2, 0.25) is 5.91 Å². The molecule has 0 unspecified atom stereocenters. The lowest BCUT2D eigenvalue weighted by atomic mass is 10.2. The van der Waals surface area contributed by atoms with E-state index in [0.717, 1.165) is 30.6 Å². The third-order valence-corrected chi connectivity index (χ3v) is 3.59. The summed E-state index contributed by atoms with van der Waals surface area (Å²) in [6.45, 7) is 5.06. The Kier molecular flexibility index (Phi) is 6.65. The molecule has 4 nitrogen and oxygen atoms in total. The zero-order chi connectivity index (χ0) is 15.1. The molecule has 0 aliphatic heterocycles. The molecule has 20 heavy (non-hydrogen) atoms. The van der Waals surface area contributed by atoms with Gasteiger partial charge in [-0.15, -0.1) is 0 Å². The highest BCUT2D eigenvalue weighted by Crippen LogP contribution is 2.30. The number of rotatable bonds is 7. The van der Waals surface area contributed by atoms with E-state index in [0.29, 0.717) is 10.8 Å². The molecule has 5 heteroatoms. The van der Waals surface area contributed by atoms with E-state index in [1.54, 1.807) is 18.1 Å². The van der Waals surface area contributed by atoms with Gasteiger partial charge in [0.15, 0.2) is 0 Å². The van der Waals surface area contributed by atoms with Gasteiger partial charge in [0.1, 0.15) is 5.75 Å². The summed E-state index contributed by atoms with van der Waals surface area (Å²) in [7, 11) is 3.41. The molecule has 0 atom stereocenters. The first-order chi connectivity index (χ1) is 9.49. The van der Waals surface area contributed by atoms with Crippen molar-refractivity contribution in [1.82, 2.24) is 4.90 Å². The van der Waals surface area contributed by atoms with Crippen LogP contribution in [-0.2, 0) is 4.79 Å². The Morgan fingerprint density at radius 2 is 2.15 bits per heavy atom. The van der Waals surface area contributed by atoms with E-state index in [2.05, 4.69) is 12.2 Å². The highest BCUT2D eigenvalue weighted by molar-refractivity contribution is 6.31. The van der Waals surface area contributed by atoms with Crippen molar-refractivity contribution in [2.45, 2.75) is 26.7 Å². The highest BCUT2D eigenvalue weighted by Gasteiger charge is 2.11. The summed E-state index contributed by atoms with van der Waals surface area (Å²) in [6.07, 6.45) is 2.10. The van der Waals surface area contributed by atoms with Gasteiger partial charge in [0.05, 0.1) is 19.3 Å². The van der Waals surface area contributed by atoms with E-state index >= 15 is 0 Å². The van der Waals surface area contributed by atoms with Crippen LogP contribution in [0.3, 0.4) is 0 Å². The number of nitrogens with one attached hydrogen (secondary N) is 1. The predicted molar refractivity (Wildman–Crippen MR) is 83.8 cm³/mol. The van der Waals surface area contributed by atoms with Crippen molar-refractivity contribution in [3.05, 3.63) is 22.7 Å². The molecule has 1 N–H and O–H groups in total. The molecule has 0 bridgehead atoms. The van der Waals surface area contributed by atoms with Crippen LogP contribution in [0.5, 0.6) is 5.75 Å². The lowest BCUT2D eigenvalue weighted by Crippen LogP contribution is -2.33. The van der Waals surface area contributed by atoms with Crippen molar-refractivity contribution in [3.8, 4) is 5.75 Å². The van der Waals surface area contributed by atoms with E-state index in [-0.39, 0.29) is 12.5 Å². The third kappa shape index (κ3) is 4.60. The first-order valence-corrected chi connectivity index (χ1v) is 7.19. The fourth-order valence-corrected chi connectivity index (χ4v) is 1.95. The maximum absolute atomic E-state index is 12.0. The number of nitrogens with zero attached hydrogens (tertiary/aromatic N) is 1. The zero-order valence-corrected chi connectivity index (χ0v) is 13.4. The number of ether oxygens (including phenoxy) is 1. The van der Waals surface area contributed by atoms with Crippen LogP contribution in [0.15, 0.2) is 12.1 Å². The predicted octanol–water partition coefficient (Wildman–Crippen LogP) is 3.33. The summed E-state index contributed by atoms with van der Waals surface area (Å²) >= 11 is 6.05. The summed E-state index contributed by atoms with van der Waals surface area (Å²) in [5.41, 5.74) is 1.73. The first-order valence-electron chi connectivity index (χ1n) is 6.81. The van der Waals surface area contributed by atoms with Crippen LogP contribution in [0.4, 0.5) is 5.69 Å². The summed E-state index contributed by atoms with van der Waals surface area (Å²) in [5.74, 6) is 0.706. The van der Waals surface area contributed by atoms with Crippen molar-refractivity contribution < 1.29 is 9.53 Å². The minimum absolute atomic E-state index is 0.0631. The number of halogens is 1. The number of carbonyl (C=O) groups excluding carboxylic acids is 1. The number of amides is 1. The number of carbonyl (C=O) groups is 1. The topological polar surface area (TPSA) is 41.6 Å². The second kappa shape index (κ2) is 8.00. The normalized spacial score (nSPS) is 10.2. The summed E-state index contributed by atoms with van der Waals surface area (Å²) < 4.78 is 5.27. The van der Waals surface area contributed by atoms with E-state index in [9.17, 15) is 4.79 Å². The Morgan fingerprint density at radius 1 is 1.45 bits per heavy atom. The molecule has 0 heterocycles. The molecule has 0 saturated carbocycles. The van der Waals surface area contributed by atoms with Crippen molar-refractivity contribution >= 4 is 23.2 Å². The van der Waals surface area contributed by atoms with Crippen LogP contribution in [0.2, 0.25) is 5.02 Å². The SMILES string of the molecule is CCCCN(C)C(=O)CNc1cc(C)c(Cl)cc1OC. The molecule has 1 rings (SSSR count). The van der Waals surface area contributed by atoms with Gasteiger partial charge in [-0.3, -0.25) is 4.79 Å². The number of aryl methyl sites for hydroxylation is 1. The molecule has 0 fully saturated rings. The van der Waals surface area contributed by atoms with Crippen molar-refractivity contribution in [2.75, 3.05) is 32.6 Å². The Labute approximate surface area is 126 Å². The van der Waals surface area contributed by atoms with Crippen LogP contribution in [0, 0.1) is 6.92 Å². The van der Waals surface area contributed by atoms with Crippen molar-refractivity contribution in [1.29, 1.82) is 0 Å². The minimum Gasteiger partial charge on any atom is -0.495 e. The van der Waals surface area contributed by atoms with Gasteiger partial charge in [-0.05, 0) is 25.0 Å². The van der Waals surface area contributed by atoms with E-state index in [1.807, 2.05) is 20.0 Å². The van der Waals surface area contributed by atoms with Crippen molar-refractivity contribution in [3.63, 3.8) is 0 Å². The maximum Gasteiger partial charge on any atom is 0.241 e. The number of hydrogen-bond donors (Lipinski definition) is 1. The quantitative estimate of drug-likeness (QED) is 0.839. The van der Waals surface area contributed by atoms with Crippen LogP contribution < -0.4 is 10.1 Å². The average Bonchev–Trinajstić information content (AvgIpc) is 2.44. The molecule has 0 aromatic heterocycles. The molecule has 0 radical (unpaired) electrons. The van der Waals surface area contributed by atoms with Crippen LogP contribution in [0.25, 0.3) is 0 Å². The van der Waals surface area contributed by atoms with E-state index < -0.39 is 0 Å². The molecular weight excluding hydrogens is 276 g/mol. The number of likely N-dealkylation sites (N-methyl/N-ethyl adjacent to an activating group) is 1. The fraction of sp³-hybridized carbons (Fsp3) is 0.533. The van der Waals surface area contributed by atoms with E-state index in [4.69, 9.17) is 16.3 Å². The van der Waals surface area contributed by atoms with Crippen LogP contribution in [-0.4, -0.2) is 38.1 Å². The van der Waals surface area contributed by atoms with Gasteiger partial charge < -0.3 is 15.0 Å². The molecule has 0 aliphatic carbocycles. The maximum atomic E-state index is 12.0. The molecule has 0 aliphatic rings. The number of benzene rings is 1. The monoisotopic (exact) mass is 298 g/mol. The molecule has 1 amide bonds. The minimum atomic E-state index is 0.0631. The summed E-state index contributed by atoms with van der Waals surface area (Å²) in [5, 5.41) is 3.77. The first kappa shape index (κ1) is 16.6. The van der Waals surface area contributed by atoms with Crippen LogP contribution in [0.1, 0.15) is 25.3 Å². The molecule has 1 aromatic carbocycles. The largest absolute Gasteiger partial charge is 0.495 e. The van der Waals surface area contributed by atoms with Crippen molar-refractivity contribution in [2.24, 2.45) is 0 Å². The zero-order valence-electron chi connectivity index (χ0n) is 12.6.